The molecule has 0 radical (unpaired) electrons. The predicted molar refractivity (Wildman–Crippen MR) is 104 cm³/mol. The Bertz CT molecular complexity index is 741. The van der Waals surface area contributed by atoms with E-state index in [9.17, 15) is 13.2 Å². The number of hydrogen-bond acceptors (Lipinski definition) is 4. The summed E-state index contributed by atoms with van der Waals surface area (Å²) in [5.41, 5.74) is 1.19. The van der Waals surface area contributed by atoms with E-state index in [1.807, 2.05) is 23.1 Å². The molecule has 1 atom stereocenters. The first kappa shape index (κ1) is 18.9. The fraction of sp³-hybridized carbons (Fsp3) is 0.526. The molecule has 0 spiro atoms. The molecule has 0 aliphatic carbocycles. The summed E-state index contributed by atoms with van der Waals surface area (Å²) in [5, 5.41) is 0. The van der Waals surface area contributed by atoms with Crippen LogP contribution in [0.25, 0.3) is 6.08 Å². The van der Waals surface area contributed by atoms with Crippen LogP contribution in [-0.2, 0) is 9.84 Å². The molecule has 0 saturated carbocycles. The smallest absolute Gasteiger partial charge is 0.320 e. The van der Waals surface area contributed by atoms with Crippen molar-refractivity contribution in [2.45, 2.75) is 12.5 Å². The molecule has 1 unspecified atom stereocenters. The van der Waals surface area contributed by atoms with E-state index in [1.54, 1.807) is 11.9 Å². The maximum atomic E-state index is 12.6. The first-order valence-electron chi connectivity index (χ1n) is 9.11. The molecule has 0 bridgehead atoms. The summed E-state index contributed by atoms with van der Waals surface area (Å²) in [5.74, 6) is 0.288. The van der Waals surface area contributed by atoms with Gasteiger partial charge in [0.25, 0.3) is 0 Å². The van der Waals surface area contributed by atoms with E-state index in [0.717, 1.165) is 19.6 Å². The summed E-state index contributed by atoms with van der Waals surface area (Å²) < 4.78 is 23.3. The largest absolute Gasteiger partial charge is 0.324 e. The molecule has 142 valence electrons. The summed E-state index contributed by atoms with van der Waals surface area (Å²) in [6.07, 6.45) is 4.82. The number of piperazine rings is 1. The zero-order valence-corrected chi connectivity index (χ0v) is 16.1. The number of urea groups is 1. The van der Waals surface area contributed by atoms with Gasteiger partial charge in [0.05, 0.1) is 11.5 Å². The van der Waals surface area contributed by atoms with Crippen molar-refractivity contribution in [3.05, 3.63) is 42.0 Å². The van der Waals surface area contributed by atoms with Crippen LogP contribution < -0.4 is 0 Å². The molecule has 6 nitrogen and oxygen atoms in total. The van der Waals surface area contributed by atoms with Gasteiger partial charge in [-0.2, -0.15) is 0 Å². The van der Waals surface area contributed by atoms with Gasteiger partial charge in [0.1, 0.15) is 0 Å². The average Bonchev–Trinajstić information content (AvgIpc) is 3.02. The molecule has 2 aliphatic rings. The van der Waals surface area contributed by atoms with Gasteiger partial charge in [-0.25, -0.2) is 13.2 Å². The van der Waals surface area contributed by atoms with E-state index in [-0.39, 0.29) is 23.6 Å². The average molecular weight is 378 g/mol. The Morgan fingerprint density at radius 3 is 2.50 bits per heavy atom. The Hall–Kier alpha value is -1.86. The normalized spacial score (nSPS) is 23.4. The monoisotopic (exact) mass is 377 g/mol. The maximum Gasteiger partial charge on any atom is 0.320 e. The Morgan fingerprint density at radius 2 is 1.88 bits per heavy atom. The highest BCUT2D eigenvalue weighted by Crippen LogP contribution is 2.18. The molecule has 2 amide bonds. The van der Waals surface area contributed by atoms with E-state index in [0.29, 0.717) is 19.5 Å². The van der Waals surface area contributed by atoms with Crippen molar-refractivity contribution in [2.24, 2.45) is 0 Å². The van der Waals surface area contributed by atoms with Crippen molar-refractivity contribution < 1.29 is 13.2 Å². The summed E-state index contributed by atoms with van der Waals surface area (Å²) >= 11 is 0. The molecule has 1 aromatic carbocycles. The summed E-state index contributed by atoms with van der Waals surface area (Å²) in [6, 6.07) is 9.97. The van der Waals surface area contributed by atoms with E-state index in [2.05, 4.69) is 29.2 Å². The van der Waals surface area contributed by atoms with Crippen LogP contribution in [0.4, 0.5) is 4.79 Å². The number of nitrogens with zero attached hydrogens (tertiary/aromatic N) is 3. The van der Waals surface area contributed by atoms with Crippen LogP contribution in [0.15, 0.2) is 36.4 Å². The zero-order chi connectivity index (χ0) is 18.6. The molecule has 3 rings (SSSR count). The summed E-state index contributed by atoms with van der Waals surface area (Å²) in [6.45, 7) is 3.90. The SMILES string of the molecule is CN(C(=O)N1CCN(C/C=C/c2ccccc2)CC1)C1CCS(=O)(=O)C1. The zero-order valence-electron chi connectivity index (χ0n) is 15.3. The number of amides is 2. The van der Waals surface area contributed by atoms with Crippen LogP contribution >= 0.6 is 0 Å². The quantitative estimate of drug-likeness (QED) is 0.799. The van der Waals surface area contributed by atoms with E-state index < -0.39 is 9.84 Å². The molecule has 2 aliphatic heterocycles. The van der Waals surface area contributed by atoms with Crippen molar-refractivity contribution in [3.63, 3.8) is 0 Å². The van der Waals surface area contributed by atoms with Gasteiger partial charge < -0.3 is 9.80 Å². The van der Waals surface area contributed by atoms with Crippen molar-refractivity contribution in [2.75, 3.05) is 51.3 Å². The second-order valence-corrected chi connectivity index (χ2v) is 9.28. The van der Waals surface area contributed by atoms with Gasteiger partial charge in [0.15, 0.2) is 9.84 Å². The van der Waals surface area contributed by atoms with Crippen molar-refractivity contribution in [1.29, 1.82) is 0 Å². The third-order valence-electron chi connectivity index (χ3n) is 5.17. The highest BCUT2D eigenvalue weighted by Gasteiger charge is 2.34. The van der Waals surface area contributed by atoms with E-state index in [4.69, 9.17) is 0 Å². The molecule has 0 N–H and O–H groups in total. The predicted octanol–water partition coefficient (Wildman–Crippen LogP) is 1.56. The van der Waals surface area contributed by atoms with Crippen molar-refractivity contribution in [3.8, 4) is 0 Å². The molecular weight excluding hydrogens is 350 g/mol. The van der Waals surface area contributed by atoms with Gasteiger partial charge in [0.2, 0.25) is 0 Å². The number of carbonyl (C=O) groups is 1. The number of carbonyl (C=O) groups excluding carboxylic acids is 1. The lowest BCUT2D eigenvalue weighted by Crippen LogP contribution is -2.54. The Morgan fingerprint density at radius 1 is 1.19 bits per heavy atom. The molecule has 26 heavy (non-hydrogen) atoms. The van der Waals surface area contributed by atoms with Crippen LogP contribution in [0.3, 0.4) is 0 Å². The van der Waals surface area contributed by atoms with Gasteiger partial charge >= 0.3 is 6.03 Å². The highest BCUT2D eigenvalue weighted by atomic mass is 32.2. The third kappa shape index (κ3) is 4.86. The van der Waals surface area contributed by atoms with Crippen LogP contribution in [0.5, 0.6) is 0 Å². The minimum atomic E-state index is -2.97. The highest BCUT2D eigenvalue weighted by molar-refractivity contribution is 7.91. The fourth-order valence-corrected chi connectivity index (χ4v) is 5.26. The lowest BCUT2D eigenvalue weighted by atomic mass is 10.2. The van der Waals surface area contributed by atoms with Gasteiger partial charge in [-0.1, -0.05) is 42.5 Å². The van der Waals surface area contributed by atoms with Crippen LogP contribution in [0.1, 0.15) is 12.0 Å². The minimum Gasteiger partial charge on any atom is -0.324 e. The van der Waals surface area contributed by atoms with Crippen molar-refractivity contribution >= 4 is 21.9 Å². The fourth-order valence-electron chi connectivity index (χ4n) is 3.48. The molecule has 2 fully saturated rings. The topological polar surface area (TPSA) is 60.9 Å². The van der Waals surface area contributed by atoms with Gasteiger partial charge in [0, 0.05) is 45.8 Å². The van der Waals surface area contributed by atoms with E-state index >= 15 is 0 Å². The van der Waals surface area contributed by atoms with Crippen LogP contribution in [0.2, 0.25) is 0 Å². The van der Waals surface area contributed by atoms with Crippen molar-refractivity contribution in [1.82, 2.24) is 14.7 Å². The van der Waals surface area contributed by atoms with Crippen LogP contribution in [0, 0.1) is 0 Å². The molecule has 2 heterocycles. The van der Waals surface area contributed by atoms with Crippen LogP contribution in [-0.4, -0.2) is 86.5 Å². The molecule has 0 aromatic heterocycles. The van der Waals surface area contributed by atoms with E-state index in [1.165, 1.54) is 5.56 Å². The standard InChI is InChI=1S/C19H27N3O3S/c1-20(18-9-15-26(24,25)16-18)19(23)22-13-11-21(12-14-22)10-5-8-17-6-3-2-4-7-17/h2-8,18H,9-16H2,1H3/b8-5+. The Kier molecular flexibility index (Phi) is 5.98. The molecule has 1 aromatic rings. The number of sulfone groups is 1. The lowest BCUT2D eigenvalue weighted by molar-refractivity contribution is 0.116. The Labute approximate surface area is 156 Å². The first-order chi connectivity index (χ1) is 12.4. The first-order valence-corrected chi connectivity index (χ1v) is 10.9. The summed E-state index contributed by atoms with van der Waals surface area (Å²) in [7, 11) is -1.25. The molecule has 2 saturated heterocycles. The maximum absolute atomic E-state index is 12.6. The second-order valence-electron chi connectivity index (χ2n) is 7.05. The van der Waals surface area contributed by atoms with Gasteiger partial charge in [-0.05, 0) is 12.0 Å². The number of benzene rings is 1. The number of hydrogen-bond donors (Lipinski definition) is 0. The van der Waals surface area contributed by atoms with Gasteiger partial charge in [-0.15, -0.1) is 0 Å². The molecular formula is C19H27N3O3S. The van der Waals surface area contributed by atoms with Gasteiger partial charge in [-0.3, -0.25) is 4.90 Å². The molecule has 7 heteroatoms. The second kappa shape index (κ2) is 8.22. The minimum absolute atomic E-state index is 0.0495. The summed E-state index contributed by atoms with van der Waals surface area (Å²) in [4.78, 5) is 18.4. The lowest BCUT2D eigenvalue weighted by Gasteiger charge is -2.37. The number of rotatable bonds is 4. The third-order valence-corrected chi connectivity index (χ3v) is 6.92. The Balaban J connectivity index is 1.44.